The number of carbonyl (C=O) groups is 1. The first-order chi connectivity index (χ1) is 9.61. The van der Waals surface area contributed by atoms with Crippen molar-refractivity contribution in [3.63, 3.8) is 0 Å². The molecule has 0 aliphatic rings. The number of carbonyl (C=O) groups excluding carboxylic acids is 1. The molecule has 1 aromatic heterocycles. The molecule has 104 valence electrons. The standard InChI is InChI=1S/C16H18N2OS/c1-3-12-6-8-13(9-7-12)11(2)18-15(19)14-5-4-10-17-16(14)20/h4-11H,3H2,1-2H3,(H,17,20)(H,18,19). The molecule has 0 bridgehead atoms. The molecule has 1 unspecified atom stereocenters. The van der Waals surface area contributed by atoms with Crippen LogP contribution in [0.1, 0.15) is 41.4 Å². The van der Waals surface area contributed by atoms with Crippen LogP contribution in [0.25, 0.3) is 0 Å². The van der Waals surface area contributed by atoms with Crippen molar-refractivity contribution >= 4 is 18.1 Å². The average molecular weight is 286 g/mol. The minimum absolute atomic E-state index is 0.0528. The zero-order valence-electron chi connectivity index (χ0n) is 11.6. The molecule has 1 amide bonds. The first kappa shape index (κ1) is 14.5. The third-order valence-corrected chi connectivity index (χ3v) is 3.64. The Kier molecular flexibility index (Phi) is 4.69. The van der Waals surface area contributed by atoms with Crippen LogP contribution in [-0.4, -0.2) is 10.9 Å². The fourth-order valence-electron chi connectivity index (χ4n) is 2.00. The van der Waals surface area contributed by atoms with Crippen LogP contribution in [0, 0.1) is 4.64 Å². The third kappa shape index (κ3) is 3.33. The molecular formula is C16H18N2OS. The maximum Gasteiger partial charge on any atom is 0.254 e. The van der Waals surface area contributed by atoms with Gasteiger partial charge < -0.3 is 10.3 Å². The molecular weight excluding hydrogens is 268 g/mol. The fourth-order valence-corrected chi connectivity index (χ4v) is 2.23. The van der Waals surface area contributed by atoms with Crippen molar-refractivity contribution in [3.05, 3.63) is 63.9 Å². The molecule has 1 heterocycles. The van der Waals surface area contributed by atoms with Gasteiger partial charge >= 0.3 is 0 Å². The maximum atomic E-state index is 12.2. The van der Waals surface area contributed by atoms with Gasteiger partial charge in [-0.3, -0.25) is 4.79 Å². The summed E-state index contributed by atoms with van der Waals surface area (Å²) in [6, 6.07) is 11.7. The minimum Gasteiger partial charge on any atom is -0.352 e. The topological polar surface area (TPSA) is 44.9 Å². The zero-order valence-corrected chi connectivity index (χ0v) is 12.5. The van der Waals surface area contributed by atoms with E-state index in [9.17, 15) is 4.79 Å². The van der Waals surface area contributed by atoms with E-state index in [0.717, 1.165) is 12.0 Å². The molecule has 0 saturated carbocycles. The predicted octanol–water partition coefficient (Wildman–Crippen LogP) is 3.80. The Hall–Kier alpha value is -1.94. The lowest BCUT2D eigenvalue weighted by molar-refractivity contribution is 0.0939. The highest BCUT2D eigenvalue weighted by molar-refractivity contribution is 7.71. The lowest BCUT2D eigenvalue weighted by Gasteiger charge is -2.14. The number of hydrogen-bond acceptors (Lipinski definition) is 2. The number of amides is 1. The van der Waals surface area contributed by atoms with E-state index in [1.807, 2.05) is 6.92 Å². The molecule has 0 spiro atoms. The second kappa shape index (κ2) is 6.48. The first-order valence-electron chi connectivity index (χ1n) is 6.69. The molecule has 4 heteroatoms. The number of rotatable bonds is 4. The summed E-state index contributed by atoms with van der Waals surface area (Å²) >= 11 is 5.11. The van der Waals surface area contributed by atoms with Gasteiger partial charge in [0.05, 0.1) is 11.6 Å². The van der Waals surface area contributed by atoms with Gasteiger partial charge in [-0.15, -0.1) is 0 Å². The van der Waals surface area contributed by atoms with Gasteiger partial charge in [-0.1, -0.05) is 43.4 Å². The van der Waals surface area contributed by atoms with Gasteiger partial charge in [0, 0.05) is 6.20 Å². The van der Waals surface area contributed by atoms with Gasteiger partial charge in [0.15, 0.2) is 0 Å². The van der Waals surface area contributed by atoms with Crippen LogP contribution >= 0.6 is 12.2 Å². The van der Waals surface area contributed by atoms with Crippen LogP contribution in [0.2, 0.25) is 0 Å². The summed E-state index contributed by atoms with van der Waals surface area (Å²) in [5, 5.41) is 2.97. The van der Waals surface area contributed by atoms with Gasteiger partial charge in [-0.25, -0.2) is 0 Å². The van der Waals surface area contributed by atoms with E-state index in [1.54, 1.807) is 18.3 Å². The van der Waals surface area contributed by atoms with Crippen molar-refractivity contribution < 1.29 is 4.79 Å². The van der Waals surface area contributed by atoms with Crippen molar-refractivity contribution in [1.29, 1.82) is 0 Å². The SMILES string of the molecule is CCc1ccc(C(C)NC(=O)c2ccc[nH]c2=S)cc1. The second-order valence-corrected chi connectivity index (χ2v) is 5.11. The molecule has 2 rings (SSSR count). The number of aromatic amines is 1. The summed E-state index contributed by atoms with van der Waals surface area (Å²) in [5.74, 6) is -0.154. The summed E-state index contributed by atoms with van der Waals surface area (Å²) in [6.07, 6.45) is 2.73. The van der Waals surface area contributed by atoms with Crippen LogP contribution in [0.4, 0.5) is 0 Å². The fraction of sp³-hybridized carbons (Fsp3) is 0.250. The van der Waals surface area contributed by atoms with Gasteiger partial charge in [-0.05, 0) is 36.6 Å². The van der Waals surface area contributed by atoms with Gasteiger partial charge in [0.25, 0.3) is 5.91 Å². The number of pyridine rings is 1. The lowest BCUT2D eigenvalue weighted by atomic mass is 10.0. The van der Waals surface area contributed by atoms with E-state index in [-0.39, 0.29) is 11.9 Å². The largest absolute Gasteiger partial charge is 0.352 e. The highest BCUT2D eigenvalue weighted by Gasteiger charge is 2.12. The quantitative estimate of drug-likeness (QED) is 0.840. The van der Waals surface area contributed by atoms with E-state index in [0.29, 0.717) is 10.2 Å². The Morgan fingerprint density at radius 1 is 1.30 bits per heavy atom. The molecule has 2 N–H and O–H groups in total. The van der Waals surface area contributed by atoms with E-state index >= 15 is 0 Å². The van der Waals surface area contributed by atoms with E-state index in [1.165, 1.54) is 5.56 Å². The number of hydrogen-bond donors (Lipinski definition) is 2. The number of benzene rings is 1. The molecule has 0 saturated heterocycles. The van der Waals surface area contributed by atoms with E-state index < -0.39 is 0 Å². The van der Waals surface area contributed by atoms with Crippen molar-refractivity contribution in [3.8, 4) is 0 Å². The first-order valence-corrected chi connectivity index (χ1v) is 7.10. The van der Waals surface area contributed by atoms with Crippen LogP contribution in [0.15, 0.2) is 42.6 Å². The lowest BCUT2D eigenvalue weighted by Crippen LogP contribution is -2.27. The monoisotopic (exact) mass is 286 g/mol. The molecule has 1 atom stereocenters. The molecule has 1 aromatic carbocycles. The highest BCUT2D eigenvalue weighted by Crippen LogP contribution is 2.14. The van der Waals surface area contributed by atoms with Crippen LogP contribution in [-0.2, 0) is 6.42 Å². The van der Waals surface area contributed by atoms with Crippen LogP contribution in [0.3, 0.4) is 0 Å². The van der Waals surface area contributed by atoms with Crippen molar-refractivity contribution in [1.82, 2.24) is 10.3 Å². The molecule has 2 aromatic rings. The smallest absolute Gasteiger partial charge is 0.254 e. The summed E-state index contributed by atoms with van der Waals surface area (Å²) in [7, 11) is 0. The molecule has 3 nitrogen and oxygen atoms in total. The van der Waals surface area contributed by atoms with E-state index in [4.69, 9.17) is 12.2 Å². The van der Waals surface area contributed by atoms with Crippen LogP contribution < -0.4 is 5.32 Å². The van der Waals surface area contributed by atoms with Gasteiger partial charge in [-0.2, -0.15) is 0 Å². The Morgan fingerprint density at radius 2 is 2.00 bits per heavy atom. The van der Waals surface area contributed by atoms with Crippen molar-refractivity contribution in [2.75, 3.05) is 0 Å². The molecule has 0 radical (unpaired) electrons. The van der Waals surface area contributed by atoms with E-state index in [2.05, 4.69) is 41.5 Å². The Labute approximate surface area is 124 Å². The maximum absolute atomic E-state index is 12.2. The van der Waals surface area contributed by atoms with Gasteiger partial charge in [0.2, 0.25) is 0 Å². The Morgan fingerprint density at radius 3 is 2.60 bits per heavy atom. The highest BCUT2D eigenvalue weighted by atomic mass is 32.1. The predicted molar refractivity (Wildman–Crippen MR) is 83.3 cm³/mol. The van der Waals surface area contributed by atoms with Crippen molar-refractivity contribution in [2.45, 2.75) is 26.3 Å². The minimum atomic E-state index is -0.154. The Bertz CT molecular complexity index is 646. The third-order valence-electron chi connectivity index (χ3n) is 3.30. The van der Waals surface area contributed by atoms with Crippen molar-refractivity contribution in [2.24, 2.45) is 0 Å². The summed E-state index contributed by atoms with van der Waals surface area (Å²) in [5.41, 5.74) is 2.87. The summed E-state index contributed by atoms with van der Waals surface area (Å²) in [6.45, 7) is 4.09. The molecule has 0 aliphatic heterocycles. The average Bonchev–Trinajstić information content (AvgIpc) is 2.47. The van der Waals surface area contributed by atoms with Crippen LogP contribution in [0.5, 0.6) is 0 Å². The number of aromatic nitrogens is 1. The normalized spacial score (nSPS) is 11.9. The second-order valence-electron chi connectivity index (χ2n) is 4.70. The number of nitrogens with one attached hydrogen (secondary N) is 2. The summed E-state index contributed by atoms with van der Waals surface area (Å²) < 4.78 is 0.457. The molecule has 0 fully saturated rings. The molecule has 20 heavy (non-hydrogen) atoms. The number of aryl methyl sites for hydroxylation is 1. The number of H-pyrrole nitrogens is 1. The van der Waals surface area contributed by atoms with Gasteiger partial charge in [0.1, 0.15) is 4.64 Å². The summed E-state index contributed by atoms with van der Waals surface area (Å²) in [4.78, 5) is 15.0. The Balaban J connectivity index is 2.11. The zero-order chi connectivity index (χ0) is 14.5. The molecule has 0 aliphatic carbocycles.